The van der Waals surface area contributed by atoms with Crippen LogP contribution in [0.25, 0.3) is 11.8 Å². The second kappa shape index (κ2) is 11.9. The van der Waals surface area contributed by atoms with E-state index in [0.717, 1.165) is 22.7 Å². The number of nitrogens with one attached hydrogen (secondary N) is 1. The number of hydrogen-bond acceptors (Lipinski definition) is 8. The van der Waals surface area contributed by atoms with Gasteiger partial charge >= 0.3 is 5.69 Å². The summed E-state index contributed by atoms with van der Waals surface area (Å²) in [5, 5.41) is 25.2. The number of aromatic nitrogens is 1. The Morgan fingerprint density at radius 2 is 1.66 bits per heavy atom. The number of rotatable bonds is 7. The van der Waals surface area contributed by atoms with Gasteiger partial charge in [0.2, 0.25) is 5.75 Å². The molecule has 15 heteroatoms. The molecule has 0 unspecified atom stereocenters. The van der Waals surface area contributed by atoms with E-state index in [1.54, 1.807) is 48.5 Å². The number of ether oxygens (including phenoxy) is 1. The smallest absolute Gasteiger partial charge is 0.318 e. The van der Waals surface area contributed by atoms with Crippen LogP contribution in [0.5, 0.6) is 11.5 Å². The van der Waals surface area contributed by atoms with Crippen molar-refractivity contribution in [3.63, 3.8) is 0 Å². The molecule has 2 heterocycles. The first-order valence-corrected chi connectivity index (χ1v) is 13.8. The van der Waals surface area contributed by atoms with Crippen molar-refractivity contribution in [1.29, 1.82) is 0 Å². The highest BCUT2D eigenvalue weighted by atomic mass is 35.5. The summed E-state index contributed by atoms with van der Waals surface area (Å²) in [7, 11) is 0. The molecule has 0 saturated carbocycles. The third-order valence-corrected chi connectivity index (χ3v) is 7.81. The molecule has 3 aromatic carbocycles. The molecule has 1 N–H and O–H groups in total. The largest absolute Gasteiger partial charge is 0.450 e. The number of hydrogen-bond donors (Lipinski definition) is 1. The minimum absolute atomic E-state index is 0.106. The normalized spacial score (nSPS) is 14.1. The highest BCUT2D eigenvalue weighted by molar-refractivity contribution is 7.80. The Hall–Kier alpha value is -5.11. The Labute approximate surface area is 264 Å². The van der Waals surface area contributed by atoms with Crippen LogP contribution < -0.4 is 15.0 Å². The van der Waals surface area contributed by atoms with Gasteiger partial charge in [-0.3, -0.25) is 40.0 Å². The third kappa shape index (κ3) is 5.63. The van der Waals surface area contributed by atoms with Gasteiger partial charge in [-0.05, 0) is 86.2 Å². The van der Waals surface area contributed by atoms with E-state index in [9.17, 15) is 29.8 Å². The summed E-state index contributed by atoms with van der Waals surface area (Å²) in [6.45, 7) is 3.65. The summed E-state index contributed by atoms with van der Waals surface area (Å²) < 4.78 is 7.54. The number of benzene rings is 3. The van der Waals surface area contributed by atoms with Crippen LogP contribution in [0.3, 0.4) is 0 Å². The first-order chi connectivity index (χ1) is 20.9. The van der Waals surface area contributed by atoms with Crippen molar-refractivity contribution >= 4 is 75.5 Å². The average Bonchev–Trinajstić information content (AvgIpc) is 3.25. The van der Waals surface area contributed by atoms with E-state index in [0.29, 0.717) is 16.9 Å². The molecule has 0 bridgehead atoms. The quantitative estimate of drug-likeness (QED) is 0.0750. The number of carbonyl (C=O) groups excluding carboxylic acids is 2. The van der Waals surface area contributed by atoms with Crippen molar-refractivity contribution in [3.05, 3.63) is 120 Å². The number of nitro groups is 2. The van der Waals surface area contributed by atoms with E-state index >= 15 is 0 Å². The van der Waals surface area contributed by atoms with Gasteiger partial charge < -0.3 is 9.30 Å². The molecule has 1 aliphatic heterocycles. The molecule has 4 aromatic rings. The van der Waals surface area contributed by atoms with Crippen molar-refractivity contribution in [2.45, 2.75) is 13.8 Å². The lowest BCUT2D eigenvalue weighted by atomic mass is 10.1. The first-order valence-electron chi connectivity index (χ1n) is 12.6. The van der Waals surface area contributed by atoms with E-state index in [2.05, 4.69) is 5.32 Å². The molecule has 0 atom stereocenters. The highest BCUT2D eigenvalue weighted by Gasteiger charge is 2.36. The van der Waals surface area contributed by atoms with Crippen molar-refractivity contribution in [3.8, 4) is 17.2 Å². The maximum absolute atomic E-state index is 13.5. The number of nitro benzene ring substituents is 2. The Morgan fingerprint density at radius 1 is 0.955 bits per heavy atom. The number of non-ortho nitro benzene ring substituents is 1. The number of carbonyl (C=O) groups is 2. The lowest BCUT2D eigenvalue weighted by molar-refractivity contribution is -0.394. The molecular formula is C29H19Cl2N5O7S. The predicted molar refractivity (Wildman–Crippen MR) is 168 cm³/mol. The fourth-order valence-corrected chi connectivity index (χ4v) is 5.32. The molecule has 1 saturated heterocycles. The van der Waals surface area contributed by atoms with Crippen LogP contribution in [0, 0.1) is 34.1 Å². The lowest BCUT2D eigenvalue weighted by Crippen LogP contribution is -2.54. The molecule has 0 radical (unpaired) electrons. The van der Waals surface area contributed by atoms with Crippen molar-refractivity contribution in [1.82, 2.24) is 9.88 Å². The Kier molecular flexibility index (Phi) is 8.19. The molecule has 0 aliphatic carbocycles. The molecule has 1 aromatic heterocycles. The van der Waals surface area contributed by atoms with Crippen LogP contribution in [0.15, 0.2) is 72.3 Å². The summed E-state index contributed by atoms with van der Waals surface area (Å²) in [6, 6.07) is 16.3. The maximum atomic E-state index is 13.5. The molecule has 5 rings (SSSR count). The minimum Gasteiger partial charge on any atom is -0.450 e. The average molecular weight is 652 g/mol. The molecule has 44 heavy (non-hydrogen) atoms. The number of halogens is 2. The zero-order chi connectivity index (χ0) is 31.9. The standard InChI is InChI=1S/C29H19Cl2N5O7S/c1-15-12-17(13-21-27(37)32-29(44)34(28(21)38)23-5-3-4-22(30)26(23)31)16(2)33(15)18-6-9-20(10-7-18)43-25-11-8-19(35(39)40)14-24(25)36(41)42/h3-14H,1-2H3,(H,32,37,44)/b21-13+. The molecule has 222 valence electrons. The van der Waals surface area contributed by atoms with Crippen LogP contribution in [0.1, 0.15) is 17.0 Å². The van der Waals surface area contributed by atoms with Crippen molar-refractivity contribution < 1.29 is 24.2 Å². The zero-order valence-corrected chi connectivity index (χ0v) is 25.1. The van der Waals surface area contributed by atoms with Crippen LogP contribution in [-0.2, 0) is 9.59 Å². The van der Waals surface area contributed by atoms with Gasteiger partial charge in [0, 0.05) is 23.1 Å². The Balaban J connectivity index is 1.44. The summed E-state index contributed by atoms with van der Waals surface area (Å²) in [5.74, 6) is -1.23. The molecular weight excluding hydrogens is 633 g/mol. The SMILES string of the molecule is Cc1cc(/C=C2\C(=O)NC(=S)N(c3cccc(Cl)c3Cl)C2=O)c(C)n1-c1ccc(Oc2ccc([N+](=O)[O-])cc2[N+](=O)[O-])cc1. The van der Waals surface area contributed by atoms with Crippen molar-refractivity contribution in [2.75, 3.05) is 4.90 Å². The molecule has 1 aliphatic rings. The summed E-state index contributed by atoms with van der Waals surface area (Å²) in [4.78, 5) is 48.5. The van der Waals surface area contributed by atoms with E-state index in [-0.39, 0.29) is 37.9 Å². The number of thiocarbonyl (C=S) groups is 1. The second-order valence-electron chi connectivity index (χ2n) is 9.45. The summed E-state index contributed by atoms with van der Waals surface area (Å²) >= 11 is 17.7. The minimum atomic E-state index is -0.757. The van der Waals surface area contributed by atoms with Crippen LogP contribution >= 0.6 is 35.4 Å². The highest BCUT2D eigenvalue weighted by Crippen LogP contribution is 2.36. The zero-order valence-electron chi connectivity index (χ0n) is 22.7. The number of aryl methyl sites for hydroxylation is 1. The number of amides is 2. The molecule has 2 amide bonds. The Morgan fingerprint density at radius 3 is 2.32 bits per heavy atom. The Bertz CT molecular complexity index is 1940. The third-order valence-electron chi connectivity index (χ3n) is 6.72. The van der Waals surface area contributed by atoms with Crippen molar-refractivity contribution in [2.24, 2.45) is 0 Å². The number of anilines is 1. The van der Waals surface area contributed by atoms with Gasteiger partial charge in [-0.15, -0.1) is 0 Å². The van der Waals surface area contributed by atoms with Gasteiger partial charge in [-0.25, -0.2) is 0 Å². The van der Waals surface area contributed by atoms with E-state index < -0.39 is 33.0 Å². The predicted octanol–water partition coefficient (Wildman–Crippen LogP) is 6.84. The summed E-state index contributed by atoms with van der Waals surface area (Å²) in [5.41, 5.74) is 1.86. The molecule has 1 fully saturated rings. The van der Waals surface area contributed by atoms with Gasteiger partial charge in [0.15, 0.2) is 5.11 Å². The van der Waals surface area contributed by atoms with E-state index in [1.165, 1.54) is 12.1 Å². The first kappa shape index (κ1) is 30.4. The fraction of sp³-hybridized carbons (Fsp3) is 0.0690. The second-order valence-corrected chi connectivity index (χ2v) is 10.6. The topological polar surface area (TPSA) is 150 Å². The van der Waals surface area contributed by atoms with Gasteiger partial charge in [0.25, 0.3) is 17.5 Å². The fourth-order valence-electron chi connectivity index (χ4n) is 4.67. The maximum Gasteiger partial charge on any atom is 0.318 e. The van der Waals surface area contributed by atoms with Gasteiger partial charge in [-0.2, -0.15) is 0 Å². The van der Waals surface area contributed by atoms with E-state index in [1.807, 2.05) is 18.4 Å². The summed E-state index contributed by atoms with van der Waals surface area (Å²) in [6.07, 6.45) is 1.47. The lowest BCUT2D eigenvalue weighted by Gasteiger charge is -2.29. The molecule has 0 spiro atoms. The molecule has 12 nitrogen and oxygen atoms in total. The van der Waals surface area contributed by atoms with Crippen LogP contribution in [0.2, 0.25) is 10.0 Å². The van der Waals surface area contributed by atoms with Crippen LogP contribution in [-0.4, -0.2) is 31.3 Å². The monoisotopic (exact) mass is 651 g/mol. The van der Waals surface area contributed by atoms with E-state index in [4.69, 9.17) is 40.2 Å². The van der Waals surface area contributed by atoms with Gasteiger partial charge in [-0.1, -0.05) is 29.3 Å². The van der Waals surface area contributed by atoms with Gasteiger partial charge in [0.1, 0.15) is 11.3 Å². The van der Waals surface area contributed by atoms with Gasteiger partial charge in [0.05, 0.1) is 31.6 Å². The number of nitrogens with zero attached hydrogens (tertiary/aromatic N) is 4. The van der Waals surface area contributed by atoms with Crippen LogP contribution in [0.4, 0.5) is 17.1 Å².